The monoisotopic (exact) mass is 493 g/mol. The van der Waals surface area contributed by atoms with Crippen LogP contribution in [0.4, 0.5) is 5.69 Å². The Labute approximate surface area is 206 Å². The Bertz CT molecular complexity index is 1480. The summed E-state index contributed by atoms with van der Waals surface area (Å²) in [5.74, 6) is -0.254. The van der Waals surface area contributed by atoms with Crippen molar-refractivity contribution in [2.75, 3.05) is 12.4 Å². The van der Waals surface area contributed by atoms with Gasteiger partial charge in [-0.3, -0.25) is 18.8 Å². The fourth-order valence-electron chi connectivity index (χ4n) is 3.95. The quantitative estimate of drug-likeness (QED) is 0.410. The third kappa shape index (κ3) is 4.90. The Morgan fingerprint density at radius 2 is 1.86 bits per heavy atom. The van der Waals surface area contributed by atoms with Crippen LogP contribution in [0.5, 0.6) is 5.75 Å². The average Bonchev–Trinajstić information content (AvgIpc) is 3.10. The van der Waals surface area contributed by atoms with E-state index in [4.69, 9.17) is 16.3 Å². The van der Waals surface area contributed by atoms with Gasteiger partial charge in [-0.15, -0.1) is 0 Å². The number of ether oxygens (including phenoxy) is 1. The Morgan fingerprint density at radius 1 is 1.11 bits per heavy atom. The van der Waals surface area contributed by atoms with E-state index >= 15 is 0 Å². The fraction of sp³-hybridized carbons (Fsp3) is 0.200. The van der Waals surface area contributed by atoms with E-state index in [9.17, 15) is 14.4 Å². The minimum absolute atomic E-state index is 0.285. The summed E-state index contributed by atoms with van der Waals surface area (Å²) < 4.78 is 7.74. The molecule has 0 saturated carbocycles. The summed E-state index contributed by atoms with van der Waals surface area (Å²) in [7, 11) is 1.50. The van der Waals surface area contributed by atoms with E-state index in [1.54, 1.807) is 36.4 Å². The Morgan fingerprint density at radius 3 is 2.54 bits per heavy atom. The second-order valence-corrected chi connectivity index (χ2v) is 8.37. The molecule has 0 spiro atoms. The first-order valence-corrected chi connectivity index (χ1v) is 11.2. The van der Waals surface area contributed by atoms with Gasteiger partial charge < -0.3 is 15.4 Å². The summed E-state index contributed by atoms with van der Waals surface area (Å²) >= 11 is 6.10. The van der Waals surface area contributed by atoms with Crippen molar-refractivity contribution in [3.63, 3.8) is 0 Å². The van der Waals surface area contributed by atoms with Crippen molar-refractivity contribution >= 4 is 34.6 Å². The van der Waals surface area contributed by atoms with Crippen molar-refractivity contribution in [3.8, 4) is 5.75 Å². The molecular weight excluding hydrogens is 470 g/mol. The molecule has 10 heteroatoms. The predicted molar refractivity (Wildman–Crippen MR) is 133 cm³/mol. The van der Waals surface area contributed by atoms with Gasteiger partial charge >= 0.3 is 0 Å². The number of amides is 2. The van der Waals surface area contributed by atoms with Crippen molar-refractivity contribution in [3.05, 3.63) is 92.6 Å². The van der Waals surface area contributed by atoms with E-state index < -0.39 is 11.5 Å². The molecule has 180 valence electrons. The van der Waals surface area contributed by atoms with Gasteiger partial charge in [0.1, 0.15) is 24.1 Å². The van der Waals surface area contributed by atoms with E-state index in [2.05, 4.69) is 15.7 Å². The molecule has 2 N–H and O–H groups in total. The van der Waals surface area contributed by atoms with Gasteiger partial charge in [-0.05, 0) is 43.2 Å². The Kier molecular flexibility index (Phi) is 6.88. The number of carbonyl (C=O) groups is 2. The number of aromatic nitrogens is 3. The summed E-state index contributed by atoms with van der Waals surface area (Å²) in [6, 6.07) is 14.4. The lowest BCUT2D eigenvalue weighted by atomic mass is 10.1. The molecular formula is C25H24ClN5O4. The lowest BCUT2D eigenvalue weighted by Gasteiger charge is -2.09. The first-order chi connectivity index (χ1) is 16.8. The van der Waals surface area contributed by atoms with Crippen LogP contribution in [0.25, 0.3) is 5.52 Å². The predicted octanol–water partition coefficient (Wildman–Crippen LogP) is 3.34. The van der Waals surface area contributed by atoms with Crippen molar-refractivity contribution in [2.45, 2.75) is 26.9 Å². The number of hydrogen-bond acceptors (Lipinski definition) is 5. The SMILES string of the molecule is COc1ccc(NC(=O)Cn2ncn3c(C)c(C(=O)NCc4ccccc4)c(C)c3c2=O)cc1Cl. The molecule has 0 aliphatic carbocycles. The first kappa shape index (κ1) is 24.0. The van der Waals surface area contributed by atoms with Gasteiger partial charge in [0.15, 0.2) is 0 Å². The number of halogens is 1. The molecule has 0 unspecified atom stereocenters. The highest BCUT2D eigenvalue weighted by Crippen LogP contribution is 2.27. The van der Waals surface area contributed by atoms with Crippen LogP contribution >= 0.6 is 11.6 Å². The molecule has 9 nitrogen and oxygen atoms in total. The lowest BCUT2D eigenvalue weighted by Crippen LogP contribution is -2.30. The van der Waals surface area contributed by atoms with E-state index in [0.29, 0.717) is 45.3 Å². The van der Waals surface area contributed by atoms with Crippen molar-refractivity contribution < 1.29 is 14.3 Å². The summed E-state index contributed by atoms with van der Waals surface area (Å²) in [5, 5.41) is 10.1. The van der Waals surface area contributed by atoms with Gasteiger partial charge in [-0.2, -0.15) is 5.10 Å². The number of hydrogen-bond donors (Lipinski definition) is 2. The third-order valence-corrected chi connectivity index (χ3v) is 5.99. The minimum atomic E-state index is -0.474. The van der Waals surface area contributed by atoms with Gasteiger partial charge in [-0.1, -0.05) is 41.9 Å². The molecule has 4 rings (SSSR count). The van der Waals surface area contributed by atoms with Crippen LogP contribution in [0.2, 0.25) is 5.02 Å². The van der Waals surface area contributed by atoms with Gasteiger partial charge in [-0.25, -0.2) is 4.68 Å². The average molecular weight is 494 g/mol. The van der Waals surface area contributed by atoms with Crippen LogP contribution in [0.1, 0.15) is 27.2 Å². The van der Waals surface area contributed by atoms with Gasteiger partial charge in [0, 0.05) is 17.9 Å². The molecule has 0 aliphatic rings. The number of aryl methyl sites for hydroxylation is 2. The molecule has 0 radical (unpaired) electrons. The largest absolute Gasteiger partial charge is 0.495 e. The molecule has 0 fully saturated rings. The molecule has 0 aliphatic heterocycles. The van der Waals surface area contributed by atoms with Crippen LogP contribution in [-0.2, 0) is 17.9 Å². The molecule has 0 saturated heterocycles. The summed E-state index contributed by atoms with van der Waals surface area (Å²) in [5.41, 5.74) is 2.78. The van der Waals surface area contributed by atoms with Gasteiger partial charge in [0.25, 0.3) is 11.5 Å². The maximum atomic E-state index is 13.2. The third-order valence-electron chi connectivity index (χ3n) is 5.69. The zero-order valence-electron chi connectivity index (χ0n) is 19.5. The molecule has 35 heavy (non-hydrogen) atoms. The number of methoxy groups -OCH3 is 1. The molecule has 2 aromatic heterocycles. The Hall–Kier alpha value is -4.11. The highest BCUT2D eigenvalue weighted by atomic mass is 35.5. The zero-order valence-corrected chi connectivity index (χ0v) is 20.2. The lowest BCUT2D eigenvalue weighted by molar-refractivity contribution is -0.117. The van der Waals surface area contributed by atoms with Gasteiger partial charge in [0.2, 0.25) is 5.91 Å². The van der Waals surface area contributed by atoms with Crippen LogP contribution in [0, 0.1) is 13.8 Å². The van der Waals surface area contributed by atoms with E-state index in [0.717, 1.165) is 10.2 Å². The molecule has 0 atom stereocenters. The number of carbonyl (C=O) groups excluding carboxylic acids is 2. The number of fused-ring (bicyclic) bond motifs is 1. The van der Waals surface area contributed by atoms with Crippen molar-refractivity contribution in [1.82, 2.24) is 19.5 Å². The number of benzene rings is 2. The van der Waals surface area contributed by atoms with E-state index in [1.165, 1.54) is 13.4 Å². The first-order valence-electron chi connectivity index (χ1n) is 10.8. The second kappa shape index (κ2) is 10.0. The molecule has 2 amide bonds. The van der Waals surface area contributed by atoms with Gasteiger partial charge in [0.05, 0.1) is 17.7 Å². The topological polar surface area (TPSA) is 107 Å². The van der Waals surface area contributed by atoms with Crippen LogP contribution in [-0.4, -0.2) is 33.1 Å². The highest BCUT2D eigenvalue weighted by Gasteiger charge is 2.22. The fourth-order valence-corrected chi connectivity index (χ4v) is 4.21. The zero-order chi connectivity index (χ0) is 25.1. The molecule has 2 aromatic carbocycles. The second-order valence-electron chi connectivity index (χ2n) is 7.96. The summed E-state index contributed by atoms with van der Waals surface area (Å²) in [6.07, 6.45) is 1.44. The van der Waals surface area contributed by atoms with Crippen LogP contribution in [0.15, 0.2) is 59.7 Å². The summed E-state index contributed by atoms with van der Waals surface area (Å²) in [4.78, 5) is 38.7. The smallest absolute Gasteiger partial charge is 0.291 e. The van der Waals surface area contributed by atoms with E-state index in [1.807, 2.05) is 30.3 Å². The normalized spacial score (nSPS) is 10.9. The highest BCUT2D eigenvalue weighted by molar-refractivity contribution is 6.32. The van der Waals surface area contributed by atoms with Crippen molar-refractivity contribution in [2.24, 2.45) is 0 Å². The molecule has 0 bridgehead atoms. The number of nitrogens with zero attached hydrogens (tertiary/aromatic N) is 3. The number of rotatable bonds is 7. The maximum absolute atomic E-state index is 13.2. The number of anilines is 1. The summed E-state index contributed by atoms with van der Waals surface area (Å²) in [6.45, 7) is 3.52. The van der Waals surface area contributed by atoms with Crippen LogP contribution < -0.4 is 20.9 Å². The van der Waals surface area contributed by atoms with E-state index in [-0.39, 0.29) is 12.5 Å². The standard InChI is InChI=1S/C25H24ClN5O4/c1-15-22(24(33)27-12-17-7-5-4-6-8-17)16(2)30-14-28-31(25(34)23(15)30)13-21(32)29-18-9-10-20(35-3)19(26)11-18/h4-11,14H,12-13H2,1-3H3,(H,27,33)(H,29,32). The molecule has 2 heterocycles. The Balaban J connectivity index is 1.56. The maximum Gasteiger partial charge on any atom is 0.291 e. The van der Waals surface area contributed by atoms with Crippen molar-refractivity contribution in [1.29, 1.82) is 0 Å². The molecule has 4 aromatic rings. The van der Waals surface area contributed by atoms with Crippen LogP contribution in [0.3, 0.4) is 0 Å². The minimum Gasteiger partial charge on any atom is -0.495 e. The number of nitrogens with one attached hydrogen (secondary N) is 2.